The van der Waals surface area contributed by atoms with Gasteiger partial charge in [-0.1, -0.05) is 12.1 Å². The van der Waals surface area contributed by atoms with Crippen LogP contribution in [0.25, 0.3) is 16.4 Å². The fourth-order valence-corrected chi connectivity index (χ4v) is 5.61. The van der Waals surface area contributed by atoms with Gasteiger partial charge in [0, 0.05) is 48.5 Å². The summed E-state index contributed by atoms with van der Waals surface area (Å²) in [5.41, 5.74) is 4.87. The number of piperidine rings is 1. The standard InChI is InChI=1S/C28H25BrN6O2/c1-33-25-15-20(6-9-23(25)26(29)32-33)28(37)34-13-10-19(11-14-34)18-4-7-21(8-5-18)31-27(36)24-16-22-3-2-12-35(22)17-30-24/h2-9,12,15-17,19H,10-11,13-14H2,1H3,(H,31,36). The summed E-state index contributed by atoms with van der Waals surface area (Å²) in [5.74, 6) is 0.199. The molecule has 8 nitrogen and oxygen atoms in total. The summed E-state index contributed by atoms with van der Waals surface area (Å²) in [6.07, 6.45) is 5.33. The molecule has 37 heavy (non-hydrogen) atoms. The first-order valence-electron chi connectivity index (χ1n) is 12.2. The topological polar surface area (TPSA) is 84.5 Å². The fraction of sp³-hybridized carbons (Fsp3) is 0.214. The highest BCUT2D eigenvalue weighted by atomic mass is 79.9. The van der Waals surface area contributed by atoms with Gasteiger partial charge in [-0.05, 0) is 88.8 Å². The van der Waals surface area contributed by atoms with Crippen molar-refractivity contribution < 1.29 is 9.59 Å². The number of rotatable bonds is 4. The minimum Gasteiger partial charge on any atom is -0.339 e. The van der Waals surface area contributed by atoms with Crippen LogP contribution in [0.15, 0.2) is 77.8 Å². The number of aromatic nitrogens is 4. The molecule has 1 N–H and O–H groups in total. The maximum absolute atomic E-state index is 13.2. The van der Waals surface area contributed by atoms with E-state index in [0.717, 1.165) is 39.6 Å². The van der Waals surface area contributed by atoms with E-state index in [2.05, 4.69) is 43.5 Å². The second-order valence-electron chi connectivity index (χ2n) is 9.40. The van der Waals surface area contributed by atoms with E-state index in [9.17, 15) is 9.59 Å². The lowest BCUT2D eigenvalue weighted by Crippen LogP contribution is -2.37. The number of hydrogen-bond donors (Lipinski definition) is 1. The normalized spacial score (nSPS) is 14.4. The van der Waals surface area contributed by atoms with Gasteiger partial charge >= 0.3 is 0 Å². The Bertz CT molecular complexity index is 1630. The highest BCUT2D eigenvalue weighted by Gasteiger charge is 2.25. The lowest BCUT2D eigenvalue weighted by atomic mass is 9.89. The molecule has 2 amide bonds. The molecule has 5 aromatic rings. The van der Waals surface area contributed by atoms with Crippen molar-refractivity contribution in [2.75, 3.05) is 18.4 Å². The number of amides is 2. The number of benzene rings is 2. The molecule has 0 bridgehead atoms. The summed E-state index contributed by atoms with van der Waals surface area (Å²) in [5, 5.41) is 8.30. The number of aryl methyl sites for hydroxylation is 1. The zero-order valence-electron chi connectivity index (χ0n) is 20.3. The van der Waals surface area contributed by atoms with Crippen LogP contribution in [0.4, 0.5) is 5.69 Å². The largest absolute Gasteiger partial charge is 0.339 e. The smallest absolute Gasteiger partial charge is 0.274 e. The molecule has 0 spiro atoms. The van der Waals surface area contributed by atoms with E-state index in [0.29, 0.717) is 30.3 Å². The van der Waals surface area contributed by atoms with Gasteiger partial charge in [0.25, 0.3) is 11.8 Å². The van der Waals surface area contributed by atoms with Crippen LogP contribution < -0.4 is 5.32 Å². The van der Waals surface area contributed by atoms with Crippen molar-refractivity contribution >= 4 is 49.9 Å². The number of carbonyl (C=O) groups excluding carboxylic acids is 2. The minimum absolute atomic E-state index is 0.0580. The van der Waals surface area contributed by atoms with Crippen LogP contribution in [-0.4, -0.2) is 49.0 Å². The third-order valence-electron chi connectivity index (χ3n) is 7.13. The SMILES string of the molecule is Cn1nc(Br)c2ccc(C(=O)N3CCC(c4ccc(NC(=O)c5cc6cccn6cn5)cc4)CC3)cc21. The fourth-order valence-electron chi connectivity index (χ4n) is 5.04. The number of fused-ring (bicyclic) bond motifs is 2. The molecule has 4 heterocycles. The average Bonchev–Trinajstić information content (AvgIpc) is 3.51. The number of anilines is 1. The van der Waals surface area contributed by atoms with Crippen LogP contribution >= 0.6 is 15.9 Å². The molecule has 3 aromatic heterocycles. The number of halogens is 1. The Balaban J connectivity index is 1.07. The first-order valence-corrected chi connectivity index (χ1v) is 13.0. The van der Waals surface area contributed by atoms with Crippen LogP contribution in [0.1, 0.15) is 45.2 Å². The predicted molar refractivity (Wildman–Crippen MR) is 146 cm³/mol. The third-order valence-corrected chi connectivity index (χ3v) is 7.71. The van der Waals surface area contributed by atoms with Crippen LogP contribution in [0.3, 0.4) is 0 Å². The number of likely N-dealkylation sites (tertiary alicyclic amines) is 1. The van der Waals surface area contributed by atoms with E-state index in [4.69, 9.17) is 0 Å². The monoisotopic (exact) mass is 556 g/mol. The first-order chi connectivity index (χ1) is 18.0. The van der Waals surface area contributed by atoms with Gasteiger partial charge in [-0.3, -0.25) is 14.3 Å². The van der Waals surface area contributed by atoms with Gasteiger partial charge in [-0.25, -0.2) is 4.98 Å². The van der Waals surface area contributed by atoms with Crippen molar-refractivity contribution in [1.29, 1.82) is 0 Å². The molecule has 186 valence electrons. The van der Waals surface area contributed by atoms with Crippen LogP contribution in [0.5, 0.6) is 0 Å². The average molecular weight is 557 g/mol. The molecule has 1 fully saturated rings. The lowest BCUT2D eigenvalue weighted by Gasteiger charge is -2.32. The Hall–Kier alpha value is -3.98. The lowest BCUT2D eigenvalue weighted by molar-refractivity contribution is 0.0713. The van der Waals surface area contributed by atoms with E-state index < -0.39 is 0 Å². The van der Waals surface area contributed by atoms with E-state index >= 15 is 0 Å². The van der Waals surface area contributed by atoms with E-state index in [1.165, 1.54) is 5.56 Å². The zero-order valence-corrected chi connectivity index (χ0v) is 21.9. The van der Waals surface area contributed by atoms with E-state index in [1.54, 1.807) is 17.1 Å². The number of nitrogens with zero attached hydrogens (tertiary/aromatic N) is 5. The molecule has 9 heteroatoms. The maximum atomic E-state index is 13.2. The number of carbonyl (C=O) groups is 2. The molecular formula is C28H25BrN6O2. The van der Waals surface area contributed by atoms with Gasteiger partial charge in [0.2, 0.25) is 0 Å². The van der Waals surface area contributed by atoms with Gasteiger partial charge in [-0.15, -0.1) is 0 Å². The zero-order chi connectivity index (χ0) is 25.5. The summed E-state index contributed by atoms with van der Waals surface area (Å²) in [7, 11) is 1.88. The van der Waals surface area contributed by atoms with Gasteiger partial charge in [0.05, 0.1) is 11.8 Å². The predicted octanol–water partition coefficient (Wildman–Crippen LogP) is 5.26. The summed E-state index contributed by atoms with van der Waals surface area (Å²) in [6, 6.07) is 19.4. The first kappa shape index (κ1) is 23.4. The molecule has 0 saturated carbocycles. The van der Waals surface area contributed by atoms with Crippen molar-refractivity contribution in [2.24, 2.45) is 7.05 Å². The Morgan fingerprint density at radius 2 is 1.81 bits per heavy atom. The summed E-state index contributed by atoms with van der Waals surface area (Å²) in [6.45, 7) is 1.42. The van der Waals surface area contributed by atoms with E-state index in [1.807, 2.05) is 65.0 Å². The highest BCUT2D eigenvalue weighted by Crippen LogP contribution is 2.30. The van der Waals surface area contributed by atoms with Crippen molar-refractivity contribution in [2.45, 2.75) is 18.8 Å². The third kappa shape index (κ3) is 4.51. The van der Waals surface area contributed by atoms with Gasteiger partial charge in [-0.2, -0.15) is 5.10 Å². The van der Waals surface area contributed by atoms with Gasteiger partial charge in [0.15, 0.2) is 0 Å². The molecule has 1 saturated heterocycles. The van der Waals surface area contributed by atoms with Crippen molar-refractivity contribution in [3.63, 3.8) is 0 Å². The van der Waals surface area contributed by atoms with Crippen LogP contribution in [0.2, 0.25) is 0 Å². The number of hydrogen-bond acceptors (Lipinski definition) is 4. The Morgan fingerprint density at radius 3 is 2.59 bits per heavy atom. The van der Waals surface area contributed by atoms with Crippen LogP contribution in [-0.2, 0) is 7.05 Å². The Labute approximate surface area is 222 Å². The minimum atomic E-state index is -0.236. The molecule has 0 radical (unpaired) electrons. The molecule has 6 rings (SSSR count). The van der Waals surface area contributed by atoms with E-state index in [-0.39, 0.29) is 11.8 Å². The van der Waals surface area contributed by atoms with Gasteiger partial charge < -0.3 is 14.6 Å². The maximum Gasteiger partial charge on any atom is 0.274 e. The van der Waals surface area contributed by atoms with Crippen molar-refractivity contribution in [1.82, 2.24) is 24.1 Å². The van der Waals surface area contributed by atoms with Gasteiger partial charge in [0.1, 0.15) is 10.3 Å². The Morgan fingerprint density at radius 1 is 1.03 bits per heavy atom. The second kappa shape index (κ2) is 9.48. The molecule has 0 unspecified atom stereocenters. The Kier molecular flexibility index (Phi) is 6.00. The van der Waals surface area contributed by atoms with Crippen LogP contribution in [0, 0.1) is 0 Å². The molecular weight excluding hydrogens is 532 g/mol. The highest BCUT2D eigenvalue weighted by molar-refractivity contribution is 9.10. The molecule has 2 aromatic carbocycles. The molecule has 1 aliphatic heterocycles. The number of nitrogens with one attached hydrogen (secondary N) is 1. The molecule has 1 aliphatic rings. The van der Waals surface area contributed by atoms with Crippen molar-refractivity contribution in [3.05, 3.63) is 94.6 Å². The van der Waals surface area contributed by atoms with Crippen molar-refractivity contribution in [3.8, 4) is 0 Å². The summed E-state index contributed by atoms with van der Waals surface area (Å²) in [4.78, 5) is 32.0. The summed E-state index contributed by atoms with van der Waals surface area (Å²) < 4.78 is 4.43. The summed E-state index contributed by atoms with van der Waals surface area (Å²) >= 11 is 3.47. The molecule has 0 atom stereocenters. The molecule has 0 aliphatic carbocycles. The quantitative estimate of drug-likeness (QED) is 0.327. The second-order valence-corrected chi connectivity index (χ2v) is 10.2.